The van der Waals surface area contributed by atoms with Gasteiger partial charge in [0.25, 0.3) is 0 Å². The van der Waals surface area contributed by atoms with Gasteiger partial charge in [-0.2, -0.15) is 5.10 Å². The summed E-state index contributed by atoms with van der Waals surface area (Å²) < 4.78 is 1.91. The molecular weight excluding hydrogens is 360 g/mol. The largest absolute Gasteiger partial charge is 0.393 e. The summed E-state index contributed by atoms with van der Waals surface area (Å²) in [5.74, 6) is 2.76. The fourth-order valence-electron chi connectivity index (χ4n) is 8.09. The van der Waals surface area contributed by atoms with Gasteiger partial charge in [0.05, 0.1) is 18.4 Å². The smallest absolute Gasteiger partial charge is 0.0809 e. The topological polar surface area (TPSA) is 58.3 Å². The number of aliphatic hydroxyl groups excluding tert-OH is 2. The van der Waals surface area contributed by atoms with E-state index in [1.165, 1.54) is 31.3 Å². The molecule has 4 aliphatic carbocycles. The van der Waals surface area contributed by atoms with E-state index < -0.39 is 0 Å². The Kier molecular flexibility index (Phi) is 4.57. The first-order valence-electron chi connectivity index (χ1n) is 11.8. The van der Waals surface area contributed by atoms with Crippen molar-refractivity contribution >= 4 is 6.08 Å². The van der Waals surface area contributed by atoms with Crippen LogP contribution in [0.25, 0.3) is 6.08 Å². The third-order valence-corrected chi connectivity index (χ3v) is 10.1. The summed E-state index contributed by atoms with van der Waals surface area (Å²) >= 11 is 0. The molecule has 0 aromatic carbocycles. The van der Waals surface area contributed by atoms with Gasteiger partial charge in [0.15, 0.2) is 0 Å². The molecule has 4 fully saturated rings. The maximum absolute atomic E-state index is 11.4. The second kappa shape index (κ2) is 6.68. The Morgan fingerprint density at radius 2 is 1.83 bits per heavy atom. The summed E-state index contributed by atoms with van der Waals surface area (Å²) in [6.45, 7) is 6.99. The van der Waals surface area contributed by atoms with Gasteiger partial charge in [-0.25, -0.2) is 0 Å². The highest BCUT2D eigenvalue weighted by atomic mass is 16.3. The standard InChI is InChI=1S/C25H38N2O2/c1-15-17(14-26-27(15)4)11-16-12-22-20-6-5-18-13-19(28)7-9-24(18,2)21(20)8-10-25(22,3)23(16)29/h11,14,18-23,28-29H,5-10,12-13H2,1-4H3/b16-11+/t18-,19-,20-,21+,22+,23+,24-,25+/m0/s1. The van der Waals surface area contributed by atoms with Gasteiger partial charge in [0.1, 0.15) is 0 Å². The van der Waals surface area contributed by atoms with Crippen LogP contribution in [0.4, 0.5) is 0 Å². The average molecular weight is 399 g/mol. The van der Waals surface area contributed by atoms with Crippen LogP contribution in [0.15, 0.2) is 11.8 Å². The molecule has 5 rings (SSSR count). The zero-order chi connectivity index (χ0) is 20.6. The van der Waals surface area contributed by atoms with Gasteiger partial charge in [0.2, 0.25) is 0 Å². The van der Waals surface area contributed by atoms with E-state index in [9.17, 15) is 10.2 Å². The van der Waals surface area contributed by atoms with E-state index in [-0.39, 0.29) is 17.6 Å². The number of hydrogen-bond donors (Lipinski definition) is 2. The highest BCUT2D eigenvalue weighted by Gasteiger charge is 2.61. The van der Waals surface area contributed by atoms with E-state index in [0.29, 0.717) is 17.3 Å². The van der Waals surface area contributed by atoms with Crippen molar-refractivity contribution in [2.75, 3.05) is 0 Å². The molecular formula is C25H38N2O2. The second-order valence-electron chi connectivity index (χ2n) is 11.3. The van der Waals surface area contributed by atoms with Crippen molar-refractivity contribution in [3.63, 3.8) is 0 Å². The highest BCUT2D eigenvalue weighted by molar-refractivity contribution is 5.57. The molecule has 0 amide bonds. The molecule has 1 aromatic rings. The van der Waals surface area contributed by atoms with Crippen molar-refractivity contribution in [1.29, 1.82) is 0 Å². The monoisotopic (exact) mass is 398 g/mol. The second-order valence-corrected chi connectivity index (χ2v) is 11.3. The molecule has 0 bridgehead atoms. The van der Waals surface area contributed by atoms with Crippen molar-refractivity contribution in [2.45, 2.75) is 84.3 Å². The lowest BCUT2D eigenvalue weighted by molar-refractivity contribution is -0.133. The molecule has 29 heavy (non-hydrogen) atoms. The first-order chi connectivity index (χ1) is 13.7. The van der Waals surface area contributed by atoms with Gasteiger partial charge in [-0.05, 0) is 99.0 Å². The normalized spacial score (nSPS) is 48.3. The van der Waals surface area contributed by atoms with Crippen LogP contribution in [0.1, 0.15) is 76.5 Å². The van der Waals surface area contributed by atoms with Crippen LogP contribution in [0.5, 0.6) is 0 Å². The van der Waals surface area contributed by atoms with Crippen LogP contribution in [-0.2, 0) is 7.05 Å². The molecule has 4 heteroatoms. The van der Waals surface area contributed by atoms with Crippen LogP contribution >= 0.6 is 0 Å². The third-order valence-electron chi connectivity index (χ3n) is 10.1. The molecule has 160 valence electrons. The number of rotatable bonds is 1. The minimum absolute atomic E-state index is 0.0144. The summed E-state index contributed by atoms with van der Waals surface area (Å²) in [7, 11) is 1.98. The van der Waals surface area contributed by atoms with Crippen molar-refractivity contribution < 1.29 is 10.2 Å². The summed E-state index contributed by atoms with van der Waals surface area (Å²) in [5, 5.41) is 26.0. The summed E-state index contributed by atoms with van der Waals surface area (Å²) in [5.41, 5.74) is 3.94. The average Bonchev–Trinajstić information content (AvgIpc) is 3.14. The maximum Gasteiger partial charge on any atom is 0.0809 e. The van der Waals surface area contributed by atoms with Gasteiger partial charge in [-0.15, -0.1) is 0 Å². The van der Waals surface area contributed by atoms with E-state index in [1.807, 2.05) is 17.9 Å². The van der Waals surface area contributed by atoms with E-state index in [1.54, 1.807) is 0 Å². The number of aromatic nitrogens is 2. The Balaban J connectivity index is 1.45. The van der Waals surface area contributed by atoms with Crippen LogP contribution in [0.2, 0.25) is 0 Å². The fourth-order valence-corrected chi connectivity index (χ4v) is 8.09. The Hall–Kier alpha value is -1.13. The highest BCUT2D eigenvalue weighted by Crippen LogP contribution is 2.67. The SMILES string of the molecule is Cc1c(/C=C2\C[C@@H]3[C@H]4CC[C@H]5C[C@@H](O)CC[C@]5(C)[C@@H]4CC[C@@]3(C)[C@@H]2O)cnn1C. The van der Waals surface area contributed by atoms with E-state index in [4.69, 9.17) is 0 Å². The maximum atomic E-state index is 11.4. The fraction of sp³-hybridized carbons (Fsp3) is 0.800. The summed E-state index contributed by atoms with van der Waals surface area (Å²) in [4.78, 5) is 0. The van der Waals surface area contributed by atoms with Crippen LogP contribution in [0.3, 0.4) is 0 Å². The number of aliphatic hydroxyl groups is 2. The number of fused-ring (bicyclic) bond motifs is 5. The van der Waals surface area contributed by atoms with Crippen molar-refractivity contribution in [3.8, 4) is 0 Å². The summed E-state index contributed by atoms with van der Waals surface area (Å²) in [6.07, 6.45) is 12.9. The molecule has 2 N–H and O–H groups in total. The lowest BCUT2D eigenvalue weighted by atomic mass is 9.45. The number of aryl methyl sites for hydroxylation is 1. The third kappa shape index (κ3) is 2.81. The van der Waals surface area contributed by atoms with Gasteiger partial charge >= 0.3 is 0 Å². The van der Waals surface area contributed by atoms with Gasteiger partial charge < -0.3 is 10.2 Å². The molecule has 0 saturated heterocycles. The lowest BCUT2D eigenvalue weighted by Crippen LogP contribution is -2.54. The molecule has 0 radical (unpaired) electrons. The zero-order valence-corrected chi connectivity index (χ0v) is 18.6. The minimum Gasteiger partial charge on any atom is -0.393 e. The molecule has 0 aliphatic heterocycles. The first-order valence-corrected chi connectivity index (χ1v) is 11.8. The van der Waals surface area contributed by atoms with Crippen molar-refractivity contribution in [1.82, 2.24) is 9.78 Å². The Morgan fingerprint density at radius 1 is 1.07 bits per heavy atom. The predicted molar refractivity (Wildman–Crippen MR) is 115 cm³/mol. The van der Waals surface area contributed by atoms with Gasteiger partial charge in [0, 0.05) is 23.7 Å². The predicted octanol–water partition coefficient (Wildman–Crippen LogP) is 4.49. The Labute approximate surface area is 175 Å². The Morgan fingerprint density at radius 3 is 2.55 bits per heavy atom. The molecule has 4 aliphatic rings. The quantitative estimate of drug-likeness (QED) is 0.733. The van der Waals surface area contributed by atoms with Gasteiger partial charge in [-0.1, -0.05) is 13.8 Å². The molecule has 0 unspecified atom stereocenters. The number of nitrogens with zero attached hydrogens (tertiary/aromatic N) is 2. The molecule has 4 saturated carbocycles. The molecule has 1 aromatic heterocycles. The van der Waals surface area contributed by atoms with Crippen LogP contribution in [0, 0.1) is 41.4 Å². The van der Waals surface area contributed by atoms with Gasteiger partial charge in [-0.3, -0.25) is 4.68 Å². The minimum atomic E-state index is -0.327. The molecule has 1 heterocycles. The Bertz CT molecular complexity index is 829. The molecule has 8 atom stereocenters. The zero-order valence-electron chi connectivity index (χ0n) is 18.6. The van der Waals surface area contributed by atoms with Crippen LogP contribution in [-0.4, -0.2) is 32.2 Å². The van der Waals surface area contributed by atoms with Crippen molar-refractivity contribution in [2.24, 2.45) is 41.5 Å². The van der Waals surface area contributed by atoms with Crippen LogP contribution < -0.4 is 0 Å². The van der Waals surface area contributed by atoms with Crippen molar-refractivity contribution in [3.05, 3.63) is 23.0 Å². The number of hydrogen-bond acceptors (Lipinski definition) is 3. The lowest BCUT2D eigenvalue weighted by Gasteiger charge is -2.60. The first kappa shape index (κ1) is 19.8. The summed E-state index contributed by atoms with van der Waals surface area (Å²) in [6, 6.07) is 0. The molecule has 0 spiro atoms. The van der Waals surface area contributed by atoms with E-state index in [2.05, 4.69) is 31.9 Å². The van der Waals surface area contributed by atoms with E-state index >= 15 is 0 Å². The van der Waals surface area contributed by atoms with E-state index in [0.717, 1.165) is 48.8 Å². The molecule has 4 nitrogen and oxygen atoms in total.